The predicted molar refractivity (Wildman–Crippen MR) is 86.2 cm³/mol. The molecule has 2 bridgehead atoms. The largest absolute Gasteiger partial charge is 0.491 e. The van der Waals surface area contributed by atoms with Gasteiger partial charge in [-0.2, -0.15) is 5.10 Å². The highest BCUT2D eigenvalue weighted by Gasteiger charge is 2.48. The molecule has 0 N–H and O–H groups in total. The Bertz CT molecular complexity index is 743. The maximum Gasteiger partial charge on any atom is 0.257 e. The number of hydrogen-bond acceptors (Lipinski definition) is 3. The van der Waals surface area contributed by atoms with Crippen LogP contribution < -0.4 is 4.74 Å². The molecule has 5 nitrogen and oxygen atoms in total. The van der Waals surface area contributed by atoms with Crippen molar-refractivity contribution in [1.29, 1.82) is 0 Å². The summed E-state index contributed by atoms with van der Waals surface area (Å²) in [5.41, 5.74) is 0.622. The molecule has 0 spiro atoms. The number of piperidine rings is 1. The zero-order chi connectivity index (χ0) is 16.7. The van der Waals surface area contributed by atoms with E-state index in [9.17, 15) is 9.18 Å². The summed E-state index contributed by atoms with van der Waals surface area (Å²) < 4.78 is 20.5. The van der Waals surface area contributed by atoms with Gasteiger partial charge in [0.05, 0.1) is 17.8 Å². The number of aryl methyl sites for hydroxylation is 1. The Hall–Kier alpha value is -2.37. The molecule has 3 atom stereocenters. The molecule has 1 saturated carbocycles. The molecule has 1 aromatic heterocycles. The quantitative estimate of drug-likeness (QED) is 0.866. The van der Waals surface area contributed by atoms with Crippen LogP contribution >= 0.6 is 0 Å². The molecule has 2 fully saturated rings. The topological polar surface area (TPSA) is 47.4 Å². The summed E-state index contributed by atoms with van der Waals surface area (Å²) >= 11 is 0. The minimum Gasteiger partial charge on any atom is -0.491 e. The van der Waals surface area contributed by atoms with Crippen molar-refractivity contribution in [2.75, 3.05) is 6.61 Å². The summed E-state index contributed by atoms with van der Waals surface area (Å²) in [5, 5.41) is 4.10. The Morgan fingerprint density at radius 2 is 2.12 bits per heavy atom. The number of halogens is 1. The average Bonchev–Trinajstić information content (AvgIpc) is 3.29. The molecule has 2 aromatic rings. The highest BCUT2D eigenvalue weighted by molar-refractivity contribution is 5.94. The van der Waals surface area contributed by atoms with Crippen LogP contribution in [-0.4, -0.2) is 39.3 Å². The molecular weight excluding hydrogens is 309 g/mol. The van der Waals surface area contributed by atoms with Crippen LogP contribution in [0.1, 0.15) is 29.6 Å². The van der Waals surface area contributed by atoms with Gasteiger partial charge in [0.1, 0.15) is 18.2 Å². The first-order chi connectivity index (χ1) is 11.6. The number of benzene rings is 1. The fourth-order valence-corrected chi connectivity index (χ4v) is 4.02. The summed E-state index contributed by atoms with van der Waals surface area (Å²) in [6.45, 7) is 0.443. The first kappa shape index (κ1) is 15.2. The molecule has 4 rings (SSSR count). The Balaban J connectivity index is 1.50. The van der Waals surface area contributed by atoms with Gasteiger partial charge < -0.3 is 9.64 Å². The van der Waals surface area contributed by atoms with E-state index in [1.165, 1.54) is 12.1 Å². The van der Waals surface area contributed by atoms with Crippen molar-refractivity contribution in [3.63, 3.8) is 0 Å². The SMILES string of the molecule is Cn1cc(C(=O)N2[C@@H]3CC[C@@H](C3)[C@@H]2COc2ccc(F)cc2)cn1. The Morgan fingerprint density at radius 1 is 1.33 bits per heavy atom. The number of hydrogen-bond donors (Lipinski definition) is 0. The number of rotatable bonds is 4. The van der Waals surface area contributed by atoms with Crippen molar-refractivity contribution >= 4 is 5.91 Å². The second-order valence-electron chi connectivity index (χ2n) is 6.67. The van der Waals surface area contributed by atoms with E-state index in [1.807, 2.05) is 11.9 Å². The van der Waals surface area contributed by atoms with Crippen molar-refractivity contribution < 1.29 is 13.9 Å². The fraction of sp³-hybridized carbons (Fsp3) is 0.444. The number of fused-ring (bicyclic) bond motifs is 2. The highest BCUT2D eigenvalue weighted by Crippen LogP contribution is 2.43. The molecule has 1 aliphatic carbocycles. The summed E-state index contributed by atoms with van der Waals surface area (Å²) in [7, 11) is 1.81. The summed E-state index contributed by atoms with van der Waals surface area (Å²) in [6.07, 6.45) is 6.62. The van der Waals surface area contributed by atoms with Crippen LogP contribution in [0.15, 0.2) is 36.7 Å². The lowest BCUT2D eigenvalue weighted by Gasteiger charge is -2.35. The zero-order valence-electron chi connectivity index (χ0n) is 13.6. The first-order valence-corrected chi connectivity index (χ1v) is 8.31. The average molecular weight is 329 g/mol. The second kappa shape index (κ2) is 5.92. The van der Waals surface area contributed by atoms with Gasteiger partial charge in [0.2, 0.25) is 0 Å². The molecule has 6 heteroatoms. The van der Waals surface area contributed by atoms with E-state index in [0.29, 0.717) is 29.9 Å². The van der Waals surface area contributed by atoms with Crippen LogP contribution in [0.2, 0.25) is 0 Å². The van der Waals surface area contributed by atoms with E-state index in [-0.39, 0.29) is 17.8 Å². The van der Waals surface area contributed by atoms with Gasteiger partial charge in [-0.15, -0.1) is 0 Å². The lowest BCUT2D eigenvalue weighted by atomic mass is 9.99. The number of carbonyl (C=O) groups excluding carboxylic acids is 1. The van der Waals surface area contributed by atoms with Crippen LogP contribution in [0.25, 0.3) is 0 Å². The van der Waals surface area contributed by atoms with E-state index in [0.717, 1.165) is 19.3 Å². The maximum atomic E-state index is 13.0. The van der Waals surface area contributed by atoms with Gasteiger partial charge in [0.25, 0.3) is 5.91 Å². The normalized spacial score (nSPS) is 25.2. The standard InChI is InChI=1S/C18H20FN3O2/c1-21-10-13(9-20-21)18(23)22-15-5-2-12(8-15)17(22)11-24-16-6-3-14(19)4-7-16/h3-4,6-7,9-10,12,15,17H,2,5,8,11H2,1H3/t12-,15+,17-/m0/s1. The monoisotopic (exact) mass is 329 g/mol. The van der Waals surface area contributed by atoms with Crippen LogP contribution in [0.3, 0.4) is 0 Å². The lowest BCUT2D eigenvalue weighted by Crippen LogP contribution is -2.47. The molecule has 24 heavy (non-hydrogen) atoms. The molecule has 1 amide bonds. The van der Waals surface area contributed by atoms with Gasteiger partial charge in [-0.1, -0.05) is 0 Å². The van der Waals surface area contributed by atoms with E-state index >= 15 is 0 Å². The van der Waals surface area contributed by atoms with Crippen molar-refractivity contribution in [2.24, 2.45) is 13.0 Å². The molecule has 1 aromatic carbocycles. The molecule has 0 unspecified atom stereocenters. The molecule has 0 radical (unpaired) electrons. The van der Waals surface area contributed by atoms with Gasteiger partial charge >= 0.3 is 0 Å². The zero-order valence-corrected chi connectivity index (χ0v) is 13.6. The number of amides is 1. The molecule has 126 valence electrons. The molecule has 2 aliphatic rings. The van der Waals surface area contributed by atoms with Crippen molar-refractivity contribution in [3.05, 3.63) is 48.0 Å². The van der Waals surface area contributed by atoms with Crippen LogP contribution in [0, 0.1) is 11.7 Å². The third-order valence-electron chi connectivity index (χ3n) is 5.16. The minimum absolute atomic E-state index is 0.0306. The highest BCUT2D eigenvalue weighted by atomic mass is 19.1. The maximum absolute atomic E-state index is 13.0. The smallest absolute Gasteiger partial charge is 0.257 e. The molecule has 1 aliphatic heterocycles. The molecule has 1 saturated heterocycles. The molecule has 2 heterocycles. The van der Waals surface area contributed by atoms with Crippen LogP contribution in [0.4, 0.5) is 4.39 Å². The van der Waals surface area contributed by atoms with Gasteiger partial charge in [-0.3, -0.25) is 9.48 Å². The van der Waals surface area contributed by atoms with Crippen LogP contribution in [-0.2, 0) is 7.05 Å². The van der Waals surface area contributed by atoms with E-state index in [1.54, 1.807) is 29.2 Å². The number of aromatic nitrogens is 2. The Kier molecular flexibility index (Phi) is 3.75. The first-order valence-electron chi connectivity index (χ1n) is 8.31. The van der Waals surface area contributed by atoms with Gasteiger partial charge in [0, 0.05) is 19.3 Å². The number of nitrogens with zero attached hydrogens (tertiary/aromatic N) is 3. The van der Waals surface area contributed by atoms with Crippen molar-refractivity contribution in [1.82, 2.24) is 14.7 Å². The van der Waals surface area contributed by atoms with Crippen molar-refractivity contribution in [3.8, 4) is 5.75 Å². The van der Waals surface area contributed by atoms with E-state index in [2.05, 4.69) is 5.10 Å². The third-order valence-corrected chi connectivity index (χ3v) is 5.16. The third kappa shape index (κ3) is 2.66. The summed E-state index contributed by atoms with van der Waals surface area (Å²) in [5.74, 6) is 0.864. The number of carbonyl (C=O) groups is 1. The fourth-order valence-electron chi connectivity index (χ4n) is 4.02. The number of ether oxygens (including phenoxy) is 1. The summed E-state index contributed by atoms with van der Waals surface area (Å²) in [4.78, 5) is 14.9. The van der Waals surface area contributed by atoms with Gasteiger partial charge in [-0.05, 0) is 49.4 Å². The predicted octanol–water partition coefficient (Wildman–Crippen LogP) is 2.63. The van der Waals surface area contributed by atoms with Gasteiger partial charge in [-0.25, -0.2) is 4.39 Å². The number of likely N-dealkylation sites (tertiary alicyclic amines) is 1. The van der Waals surface area contributed by atoms with Crippen molar-refractivity contribution in [2.45, 2.75) is 31.3 Å². The summed E-state index contributed by atoms with van der Waals surface area (Å²) in [6, 6.07) is 6.38. The lowest BCUT2D eigenvalue weighted by molar-refractivity contribution is 0.0505. The Morgan fingerprint density at radius 3 is 2.83 bits per heavy atom. The second-order valence-corrected chi connectivity index (χ2v) is 6.67. The van der Waals surface area contributed by atoms with Gasteiger partial charge in [0.15, 0.2) is 0 Å². The Labute approximate surface area is 140 Å². The van der Waals surface area contributed by atoms with E-state index < -0.39 is 0 Å². The van der Waals surface area contributed by atoms with E-state index in [4.69, 9.17) is 4.74 Å². The minimum atomic E-state index is -0.282. The molecular formula is C18H20FN3O2. The van der Waals surface area contributed by atoms with Crippen LogP contribution in [0.5, 0.6) is 5.75 Å².